The average Bonchev–Trinajstić information content (AvgIpc) is 3.19. The first-order valence-electron chi connectivity index (χ1n) is 5.79. The molecule has 0 radical (unpaired) electrons. The van der Waals surface area contributed by atoms with Crippen molar-refractivity contribution in [2.75, 3.05) is 5.32 Å². The van der Waals surface area contributed by atoms with Gasteiger partial charge < -0.3 is 9.73 Å². The molecule has 0 aromatic carbocycles. The maximum Gasteiger partial charge on any atom is 0.302 e. The molecule has 1 heterocycles. The number of carbonyl (C=O) groups is 2. The van der Waals surface area contributed by atoms with Crippen LogP contribution in [0.4, 0.5) is 6.01 Å². The van der Waals surface area contributed by atoms with Crippen LogP contribution in [0.3, 0.4) is 0 Å². The van der Waals surface area contributed by atoms with Crippen LogP contribution < -0.4 is 10.6 Å². The van der Waals surface area contributed by atoms with Crippen molar-refractivity contribution >= 4 is 17.8 Å². The zero-order chi connectivity index (χ0) is 11.8. The molecule has 90 valence electrons. The highest BCUT2D eigenvalue weighted by molar-refractivity contribution is 5.95. The normalized spacial score (nSPS) is 18.8. The Morgan fingerprint density at radius 1 is 1.29 bits per heavy atom. The maximum atomic E-state index is 11.6. The van der Waals surface area contributed by atoms with Gasteiger partial charge in [-0.2, -0.15) is 4.98 Å². The first kappa shape index (κ1) is 10.3. The van der Waals surface area contributed by atoms with E-state index < -0.39 is 0 Å². The first-order valence-corrected chi connectivity index (χ1v) is 5.79. The van der Waals surface area contributed by atoms with Crippen LogP contribution in [-0.4, -0.2) is 22.8 Å². The van der Waals surface area contributed by atoms with Crippen LogP contribution in [0, 0.1) is 5.92 Å². The average molecular weight is 235 g/mol. The highest BCUT2D eigenvalue weighted by atomic mass is 16.4. The van der Waals surface area contributed by atoms with Crippen molar-refractivity contribution < 1.29 is 14.0 Å². The smallest absolute Gasteiger partial charge is 0.302 e. The van der Waals surface area contributed by atoms with E-state index in [0.717, 1.165) is 25.7 Å². The Morgan fingerprint density at radius 3 is 2.71 bits per heavy atom. The first-order chi connectivity index (χ1) is 8.22. The number of amides is 2. The summed E-state index contributed by atoms with van der Waals surface area (Å²) in [7, 11) is 0. The third kappa shape index (κ3) is 2.46. The number of oxazole rings is 1. The minimum absolute atomic E-state index is 0.0824. The summed E-state index contributed by atoms with van der Waals surface area (Å²) in [6.07, 6.45) is 5.15. The van der Waals surface area contributed by atoms with Gasteiger partial charge in [0.15, 0.2) is 5.69 Å². The van der Waals surface area contributed by atoms with Crippen LogP contribution in [0.15, 0.2) is 10.7 Å². The van der Waals surface area contributed by atoms with Crippen molar-refractivity contribution in [3.05, 3.63) is 12.0 Å². The minimum atomic E-state index is -0.247. The number of carbonyl (C=O) groups excluding carboxylic acids is 2. The number of nitrogens with one attached hydrogen (secondary N) is 2. The van der Waals surface area contributed by atoms with E-state index >= 15 is 0 Å². The molecule has 6 nitrogen and oxygen atoms in total. The lowest BCUT2D eigenvalue weighted by Gasteiger charge is -1.98. The quantitative estimate of drug-likeness (QED) is 0.812. The Hall–Kier alpha value is -1.85. The molecule has 2 fully saturated rings. The zero-order valence-corrected chi connectivity index (χ0v) is 9.23. The van der Waals surface area contributed by atoms with Crippen molar-refractivity contribution in [2.24, 2.45) is 5.92 Å². The van der Waals surface area contributed by atoms with Crippen LogP contribution in [0.25, 0.3) is 0 Å². The monoisotopic (exact) mass is 235 g/mol. The Bertz CT molecular complexity index is 460. The summed E-state index contributed by atoms with van der Waals surface area (Å²) in [6.45, 7) is 0. The topological polar surface area (TPSA) is 84.2 Å². The van der Waals surface area contributed by atoms with Gasteiger partial charge in [0, 0.05) is 12.0 Å². The summed E-state index contributed by atoms with van der Waals surface area (Å²) in [5, 5.41) is 5.35. The molecule has 2 aliphatic carbocycles. The SMILES string of the molecule is O=C(NC1CC1)c1coc(NC(=O)C2CC2)n1. The number of hydrogen-bond acceptors (Lipinski definition) is 4. The fourth-order valence-electron chi connectivity index (χ4n) is 1.48. The third-order valence-electron chi connectivity index (χ3n) is 2.83. The van der Waals surface area contributed by atoms with Gasteiger partial charge in [-0.25, -0.2) is 0 Å². The molecule has 1 aromatic heterocycles. The van der Waals surface area contributed by atoms with Gasteiger partial charge in [-0.3, -0.25) is 14.9 Å². The Kier molecular flexibility index (Phi) is 2.35. The molecule has 0 spiro atoms. The second-order valence-electron chi connectivity index (χ2n) is 4.55. The van der Waals surface area contributed by atoms with Gasteiger partial charge in [-0.1, -0.05) is 0 Å². The van der Waals surface area contributed by atoms with Gasteiger partial charge in [0.25, 0.3) is 5.91 Å². The van der Waals surface area contributed by atoms with Gasteiger partial charge in [0.2, 0.25) is 5.91 Å². The number of nitrogens with zero attached hydrogens (tertiary/aromatic N) is 1. The summed E-state index contributed by atoms with van der Waals surface area (Å²) >= 11 is 0. The van der Waals surface area contributed by atoms with E-state index in [9.17, 15) is 9.59 Å². The molecular formula is C11H13N3O3. The standard InChI is InChI=1S/C11H13N3O3/c15-9(6-1-2-6)14-11-13-8(5-17-11)10(16)12-7-3-4-7/h5-7H,1-4H2,(H,12,16)(H,13,14,15). The fourth-order valence-corrected chi connectivity index (χ4v) is 1.48. The maximum absolute atomic E-state index is 11.6. The molecule has 6 heteroatoms. The second-order valence-corrected chi connectivity index (χ2v) is 4.55. The molecule has 0 aliphatic heterocycles. The largest absolute Gasteiger partial charge is 0.431 e. The van der Waals surface area contributed by atoms with Gasteiger partial charge in [0.05, 0.1) is 0 Å². The summed E-state index contributed by atoms with van der Waals surface area (Å²) in [4.78, 5) is 27.0. The molecule has 2 amide bonds. The van der Waals surface area contributed by atoms with E-state index in [4.69, 9.17) is 4.42 Å². The van der Waals surface area contributed by atoms with Crippen LogP contribution in [0.2, 0.25) is 0 Å². The van der Waals surface area contributed by atoms with Crippen LogP contribution >= 0.6 is 0 Å². The van der Waals surface area contributed by atoms with Gasteiger partial charge in [-0.15, -0.1) is 0 Å². The molecule has 3 rings (SSSR count). The summed E-state index contributed by atoms with van der Waals surface area (Å²) in [5.41, 5.74) is 0.211. The van der Waals surface area contributed by atoms with E-state index in [1.807, 2.05) is 0 Å². The van der Waals surface area contributed by atoms with Gasteiger partial charge in [0.1, 0.15) is 6.26 Å². The highest BCUT2D eigenvalue weighted by Gasteiger charge is 2.31. The lowest BCUT2D eigenvalue weighted by atomic mass is 10.4. The molecule has 1 aromatic rings. The molecule has 17 heavy (non-hydrogen) atoms. The van der Waals surface area contributed by atoms with Crippen molar-refractivity contribution in [3.8, 4) is 0 Å². The van der Waals surface area contributed by atoms with Crippen molar-refractivity contribution in [3.63, 3.8) is 0 Å². The van der Waals surface area contributed by atoms with E-state index in [2.05, 4.69) is 15.6 Å². The Morgan fingerprint density at radius 2 is 2.06 bits per heavy atom. The van der Waals surface area contributed by atoms with Crippen molar-refractivity contribution in [1.82, 2.24) is 10.3 Å². The molecule has 2 N–H and O–H groups in total. The number of aromatic nitrogens is 1. The van der Waals surface area contributed by atoms with E-state index in [-0.39, 0.29) is 35.5 Å². The molecule has 2 aliphatic rings. The lowest BCUT2D eigenvalue weighted by molar-refractivity contribution is -0.117. The van der Waals surface area contributed by atoms with Gasteiger partial charge >= 0.3 is 6.01 Å². The lowest BCUT2D eigenvalue weighted by Crippen LogP contribution is -2.25. The van der Waals surface area contributed by atoms with Crippen LogP contribution in [0.1, 0.15) is 36.2 Å². The predicted molar refractivity (Wildman–Crippen MR) is 58.3 cm³/mol. The zero-order valence-electron chi connectivity index (χ0n) is 9.23. The van der Waals surface area contributed by atoms with Crippen LogP contribution in [0.5, 0.6) is 0 Å². The predicted octanol–water partition coefficient (Wildman–Crippen LogP) is 0.915. The fraction of sp³-hybridized carbons (Fsp3) is 0.545. The van der Waals surface area contributed by atoms with E-state index in [0.29, 0.717) is 0 Å². The highest BCUT2D eigenvalue weighted by Crippen LogP contribution is 2.30. The second kappa shape index (κ2) is 3.87. The summed E-state index contributed by atoms with van der Waals surface area (Å²) in [6, 6.07) is 0.381. The molecular weight excluding hydrogens is 222 g/mol. The molecule has 0 bridgehead atoms. The van der Waals surface area contributed by atoms with Crippen molar-refractivity contribution in [1.29, 1.82) is 0 Å². The molecule has 2 saturated carbocycles. The van der Waals surface area contributed by atoms with Gasteiger partial charge in [-0.05, 0) is 25.7 Å². The number of rotatable bonds is 4. The Labute approximate surface area is 97.8 Å². The van der Waals surface area contributed by atoms with E-state index in [1.165, 1.54) is 6.26 Å². The molecule has 0 atom stereocenters. The minimum Gasteiger partial charge on any atom is -0.431 e. The third-order valence-corrected chi connectivity index (χ3v) is 2.83. The number of hydrogen-bond donors (Lipinski definition) is 2. The van der Waals surface area contributed by atoms with Crippen molar-refractivity contribution in [2.45, 2.75) is 31.7 Å². The Balaban J connectivity index is 1.60. The molecule has 0 unspecified atom stereocenters. The molecule has 0 saturated heterocycles. The summed E-state index contributed by atoms with van der Waals surface area (Å²) in [5.74, 6) is -0.241. The van der Waals surface area contributed by atoms with Crippen LogP contribution in [-0.2, 0) is 4.79 Å². The number of anilines is 1. The summed E-state index contributed by atoms with van der Waals surface area (Å²) < 4.78 is 5.03. The van der Waals surface area contributed by atoms with E-state index in [1.54, 1.807) is 0 Å².